The molecule has 0 heterocycles. The minimum absolute atomic E-state index is 0.161. The van der Waals surface area contributed by atoms with Crippen LogP contribution in [0, 0.1) is 0 Å². The van der Waals surface area contributed by atoms with Crippen LogP contribution in [-0.2, 0) is 44.9 Å². The van der Waals surface area contributed by atoms with Crippen LogP contribution in [0.15, 0.2) is 48.5 Å². The minimum atomic E-state index is -0.274. The van der Waals surface area contributed by atoms with Gasteiger partial charge in [-0.05, 0) is 74.2 Å². The number of nitrogens with two attached hydrogens (primary N) is 4. The standard InChI is InChI=1S/C68H104N8O8/c1-5-9-13-17-21-25-29-73-61(77)45-81-65-49-33-51-39-58(70)41-53(66(51)82-46-62(78)74-30-26-22-18-14-10-6-2)35-55-43-60(72)44-56(68(55)84-48-64(80)76-32-28-24-20-16-12-8-4)36-54-42-59(71)40-52(34-50(65)38-57(69)37-49)67(54)83-47-63(79)75-31-27-23-19-15-11-7-3/h37-44H,5-36,45-48,69-72H2,1-4H3,(H,73,77)(H,74,78)(H,75,79)(H,76,80). The highest BCUT2D eigenvalue weighted by atomic mass is 16.5. The van der Waals surface area contributed by atoms with Crippen molar-refractivity contribution in [1.29, 1.82) is 0 Å². The normalized spacial score (nSPS) is 11.9. The zero-order valence-electron chi connectivity index (χ0n) is 51.7. The molecule has 0 saturated heterocycles. The van der Waals surface area contributed by atoms with E-state index in [9.17, 15) is 19.2 Å². The summed E-state index contributed by atoms with van der Waals surface area (Å²) in [5, 5.41) is 12.2. The molecule has 12 N–H and O–H groups in total. The lowest BCUT2D eigenvalue weighted by atomic mass is 9.90. The van der Waals surface area contributed by atoms with E-state index in [1.807, 2.05) is 48.5 Å². The molecule has 84 heavy (non-hydrogen) atoms. The van der Waals surface area contributed by atoms with Gasteiger partial charge in [-0.2, -0.15) is 0 Å². The topological polar surface area (TPSA) is 257 Å². The van der Waals surface area contributed by atoms with Crippen molar-refractivity contribution < 1.29 is 38.1 Å². The molecule has 4 amide bonds. The molecule has 16 nitrogen and oxygen atoms in total. The number of hydrogen-bond donors (Lipinski definition) is 8. The molecule has 0 saturated carbocycles. The Morgan fingerprint density at radius 1 is 0.298 bits per heavy atom. The fourth-order valence-electron chi connectivity index (χ4n) is 11.0. The zero-order valence-corrected chi connectivity index (χ0v) is 51.7. The molecule has 0 aliphatic heterocycles. The van der Waals surface area contributed by atoms with Gasteiger partial charge >= 0.3 is 0 Å². The second kappa shape index (κ2) is 38.9. The number of nitrogen functional groups attached to an aromatic ring is 4. The van der Waals surface area contributed by atoms with Crippen LogP contribution < -0.4 is 63.1 Å². The minimum Gasteiger partial charge on any atom is -0.483 e. The molecule has 1 aliphatic carbocycles. The molecule has 1 aliphatic rings. The third-order valence-corrected chi connectivity index (χ3v) is 15.4. The number of carbonyl (C=O) groups is 4. The molecule has 16 heteroatoms. The van der Waals surface area contributed by atoms with Crippen molar-refractivity contribution in [3.05, 3.63) is 93.0 Å². The van der Waals surface area contributed by atoms with Gasteiger partial charge in [-0.3, -0.25) is 19.2 Å². The van der Waals surface area contributed by atoms with Gasteiger partial charge in [0.25, 0.3) is 23.6 Å². The van der Waals surface area contributed by atoms with Crippen molar-refractivity contribution in [2.45, 2.75) is 207 Å². The molecule has 0 spiro atoms. The van der Waals surface area contributed by atoms with Crippen LogP contribution >= 0.6 is 0 Å². The molecule has 4 aromatic carbocycles. The maximum Gasteiger partial charge on any atom is 0.257 e. The average molecular weight is 1160 g/mol. The number of amides is 4. The van der Waals surface area contributed by atoms with Crippen molar-refractivity contribution in [2.75, 3.05) is 75.5 Å². The molecule has 4 aromatic rings. The van der Waals surface area contributed by atoms with E-state index in [-0.39, 0.29) is 75.7 Å². The third-order valence-electron chi connectivity index (χ3n) is 15.4. The number of benzene rings is 4. The summed E-state index contributed by atoms with van der Waals surface area (Å²) in [6.07, 6.45) is 26.8. The Morgan fingerprint density at radius 3 is 0.643 bits per heavy atom. The highest BCUT2D eigenvalue weighted by Crippen LogP contribution is 2.42. The van der Waals surface area contributed by atoms with Crippen LogP contribution in [0.4, 0.5) is 22.7 Å². The molecule has 0 unspecified atom stereocenters. The first-order valence-corrected chi connectivity index (χ1v) is 32.0. The Balaban J connectivity index is 1.62. The van der Waals surface area contributed by atoms with Crippen LogP contribution in [0.3, 0.4) is 0 Å². The number of anilines is 4. The van der Waals surface area contributed by atoms with Gasteiger partial charge in [-0.1, -0.05) is 156 Å². The lowest BCUT2D eigenvalue weighted by Gasteiger charge is -2.24. The predicted octanol–water partition coefficient (Wildman–Crippen LogP) is 12.1. The van der Waals surface area contributed by atoms with Gasteiger partial charge < -0.3 is 63.1 Å². The second-order valence-corrected chi connectivity index (χ2v) is 23.0. The summed E-state index contributed by atoms with van der Waals surface area (Å²) in [5.41, 5.74) is 34.2. The summed E-state index contributed by atoms with van der Waals surface area (Å²) in [7, 11) is 0. The highest BCUT2D eigenvalue weighted by molar-refractivity contribution is 5.79. The van der Waals surface area contributed by atoms with Gasteiger partial charge in [0.15, 0.2) is 26.4 Å². The lowest BCUT2D eigenvalue weighted by Crippen LogP contribution is -2.30. The van der Waals surface area contributed by atoms with Gasteiger partial charge in [0.05, 0.1) is 0 Å². The van der Waals surface area contributed by atoms with E-state index in [4.69, 9.17) is 41.9 Å². The van der Waals surface area contributed by atoms with Gasteiger partial charge in [-0.15, -0.1) is 0 Å². The van der Waals surface area contributed by atoms with E-state index in [2.05, 4.69) is 49.0 Å². The number of hydrogen-bond acceptors (Lipinski definition) is 12. The Kier molecular flexibility index (Phi) is 31.5. The predicted molar refractivity (Wildman–Crippen MR) is 342 cm³/mol. The van der Waals surface area contributed by atoms with Crippen LogP contribution in [0.5, 0.6) is 23.0 Å². The van der Waals surface area contributed by atoms with Crippen molar-refractivity contribution in [2.24, 2.45) is 0 Å². The fraction of sp³-hybridized carbons (Fsp3) is 0.588. The van der Waals surface area contributed by atoms with Crippen LogP contribution in [0.25, 0.3) is 0 Å². The number of fused-ring (bicyclic) bond motifs is 8. The molecular weight excluding hydrogens is 1060 g/mol. The number of nitrogens with one attached hydrogen (secondary N) is 4. The van der Waals surface area contributed by atoms with E-state index in [0.29, 0.717) is 116 Å². The first-order valence-electron chi connectivity index (χ1n) is 32.0. The first-order chi connectivity index (χ1) is 40.8. The smallest absolute Gasteiger partial charge is 0.257 e. The van der Waals surface area contributed by atoms with Crippen molar-refractivity contribution >= 4 is 46.4 Å². The highest BCUT2D eigenvalue weighted by Gasteiger charge is 2.25. The van der Waals surface area contributed by atoms with E-state index < -0.39 is 0 Å². The van der Waals surface area contributed by atoms with Crippen molar-refractivity contribution in [3.63, 3.8) is 0 Å². The van der Waals surface area contributed by atoms with E-state index >= 15 is 0 Å². The monoisotopic (exact) mass is 1160 g/mol. The molecule has 0 aromatic heterocycles. The molecule has 0 radical (unpaired) electrons. The summed E-state index contributed by atoms with van der Waals surface area (Å²) in [4.78, 5) is 54.5. The van der Waals surface area contributed by atoms with Crippen molar-refractivity contribution in [1.82, 2.24) is 21.3 Å². The summed E-state index contributed by atoms with van der Waals surface area (Å²) in [6, 6.07) is 14.6. The van der Waals surface area contributed by atoms with Crippen molar-refractivity contribution in [3.8, 4) is 23.0 Å². The van der Waals surface area contributed by atoms with Crippen LogP contribution in [0.2, 0.25) is 0 Å². The Labute approximate surface area is 502 Å². The SMILES string of the molecule is CCCCCCCCNC(=O)COc1c2cc(N)cc1Cc1cc(N)cc(c1OCC(=O)NCCCCCCCC)Cc1cc(N)cc(c1OCC(=O)NCCCCCCCC)Cc1cc(N)cc(c1OCC(=O)NCCCCCCCC)C2. The van der Waals surface area contributed by atoms with E-state index in [1.54, 1.807) is 0 Å². The number of unbranched alkanes of at least 4 members (excludes halogenated alkanes) is 20. The van der Waals surface area contributed by atoms with Gasteiger partial charge in [0, 0.05) is 119 Å². The summed E-state index contributed by atoms with van der Waals surface area (Å²) >= 11 is 0. The quantitative estimate of drug-likeness (QED) is 0.0135. The first kappa shape index (κ1) is 67.9. The summed E-state index contributed by atoms with van der Waals surface area (Å²) < 4.78 is 26.6. The third kappa shape index (κ3) is 24.8. The van der Waals surface area contributed by atoms with Gasteiger partial charge in [-0.25, -0.2) is 0 Å². The average Bonchev–Trinajstić information content (AvgIpc) is 2.74. The molecule has 0 atom stereocenters. The van der Waals surface area contributed by atoms with Gasteiger partial charge in [0.2, 0.25) is 0 Å². The van der Waals surface area contributed by atoms with Crippen LogP contribution in [0.1, 0.15) is 226 Å². The molecule has 5 rings (SSSR count). The molecule has 8 bridgehead atoms. The Hall–Kier alpha value is -6.84. The number of ether oxygens (including phenoxy) is 4. The maximum absolute atomic E-state index is 13.6. The summed E-state index contributed by atoms with van der Waals surface area (Å²) in [5.74, 6) is 0.631. The largest absolute Gasteiger partial charge is 0.483 e. The van der Waals surface area contributed by atoms with E-state index in [0.717, 1.165) is 103 Å². The Morgan fingerprint density at radius 2 is 0.464 bits per heavy atom. The van der Waals surface area contributed by atoms with E-state index in [1.165, 1.54) is 51.4 Å². The van der Waals surface area contributed by atoms with Gasteiger partial charge in [0.1, 0.15) is 23.0 Å². The summed E-state index contributed by atoms with van der Waals surface area (Å²) in [6.45, 7) is 9.79. The van der Waals surface area contributed by atoms with Crippen LogP contribution in [-0.4, -0.2) is 76.2 Å². The molecule has 0 fully saturated rings. The number of carbonyl (C=O) groups excluding carboxylic acids is 4. The number of rotatable bonds is 40. The second-order valence-electron chi connectivity index (χ2n) is 23.0. The zero-order chi connectivity index (χ0) is 60.3. The molecular formula is C68H104N8O8. The molecule has 464 valence electrons. The lowest BCUT2D eigenvalue weighted by molar-refractivity contribution is -0.123. The maximum atomic E-state index is 13.6. The Bertz CT molecular complexity index is 2210. The fourth-order valence-corrected chi connectivity index (χ4v) is 11.0.